The Balaban J connectivity index is 1.63. The summed E-state index contributed by atoms with van der Waals surface area (Å²) in [6.45, 7) is 5.70. The average Bonchev–Trinajstić information content (AvgIpc) is 3.11. The van der Waals surface area contributed by atoms with Crippen LogP contribution in [0.15, 0.2) is 59.0 Å². The molecule has 3 aromatic rings. The Morgan fingerprint density at radius 1 is 1.08 bits per heavy atom. The normalized spacial score (nSPS) is 12.3. The third-order valence-electron chi connectivity index (χ3n) is 3.84. The van der Waals surface area contributed by atoms with Crippen LogP contribution < -0.4 is 0 Å². The van der Waals surface area contributed by atoms with Crippen molar-refractivity contribution in [2.75, 3.05) is 0 Å². The smallest absolute Gasteiger partial charge is 0.331 e. The zero-order valence-corrected chi connectivity index (χ0v) is 15.0. The topological polar surface area (TPSA) is 65.2 Å². The number of carbonyl (C=O) groups is 1. The molecule has 0 N–H and O–H groups in total. The summed E-state index contributed by atoms with van der Waals surface area (Å²) < 4.78 is 11.0. The van der Waals surface area contributed by atoms with E-state index in [1.807, 2.05) is 62.4 Å². The molecule has 0 amide bonds. The van der Waals surface area contributed by atoms with E-state index < -0.39 is 12.1 Å². The van der Waals surface area contributed by atoms with Gasteiger partial charge in [-0.3, -0.25) is 0 Å². The van der Waals surface area contributed by atoms with Gasteiger partial charge in [0.05, 0.1) is 0 Å². The molecule has 0 aliphatic rings. The Labute approximate surface area is 152 Å². The van der Waals surface area contributed by atoms with Gasteiger partial charge in [-0.25, -0.2) is 4.79 Å². The van der Waals surface area contributed by atoms with Crippen LogP contribution in [0, 0.1) is 13.8 Å². The number of carbonyl (C=O) groups excluding carboxylic acids is 1. The standard InChI is InChI=1S/C21H20N2O3/c1-14-7-9-17(10-8-14)11-12-19(24)25-16(3)20-22-23-21(26-20)18-6-4-5-15(2)13-18/h4-13,16H,1-3H3/b12-11+. The molecule has 5 nitrogen and oxygen atoms in total. The minimum atomic E-state index is -0.628. The molecular weight excluding hydrogens is 328 g/mol. The van der Waals surface area contributed by atoms with Gasteiger partial charge in [0.25, 0.3) is 5.89 Å². The molecule has 132 valence electrons. The van der Waals surface area contributed by atoms with Gasteiger partial charge in [0.15, 0.2) is 6.10 Å². The Morgan fingerprint density at radius 3 is 2.58 bits per heavy atom. The number of benzene rings is 2. The monoisotopic (exact) mass is 348 g/mol. The zero-order valence-electron chi connectivity index (χ0n) is 15.0. The molecular formula is C21H20N2O3. The fraction of sp³-hybridized carbons (Fsp3) is 0.190. The first-order valence-corrected chi connectivity index (χ1v) is 8.37. The molecule has 0 radical (unpaired) electrons. The van der Waals surface area contributed by atoms with E-state index in [4.69, 9.17) is 9.15 Å². The van der Waals surface area contributed by atoms with Gasteiger partial charge >= 0.3 is 5.97 Å². The Kier molecular flexibility index (Phi) is 5.27. The van der Waals surface area contributed by atoms with Gasteiger partial charge in [-0.05, 0) is 44.5 Å². The number of esters is 1. The number of aryl methyl sites for hydroxylation is 2. The Hall–Kier alpha value is -3.21. The molecule has 1 atom stereocenters. The maximum absolute atomic E-state index is 12.0. The number of hydrogen-bond donors (Lipinski definition) is 0. The van der Waals surface area contributed by atoms with E-state index in [1.54, 1.807) is 13.0 Å². The zero-order chi connectivity index (χ0) is 18.5. The van der Waals surface area contributed by atoms with E-state index in [9.17, 15) is 4.79 Å². The molecule has 0 saturated heterocycles. The predicted octanol–water partition coefficient (Wildman–Crippen LogP) is 4.67. The lowest BCUT2D eigenvalue weighted by atomic mass is 10.1. The van der Waals surface area contributed by atoms with Crippen molar-refractivity contribution in [3.8, 4) is 11.5 Å². The van der Waals surface area contributed by atoms with Crippen molar-refractivity contribution in [2.45, 2.75) is 26.9 Å². The summed E-state index contributed by atoms with van der Waals surface area (Å²) in [4.78, 5) is 12.0. The van der Waals surface area contributed by atoms with Crippen LogP contribution in [-0.2, 0) is 9.53 Å². The van der Waals surface area contributed by atoms with E-state index in [-0.39, 0.29) is 5.89 Å². The highest BCUT2D eigenvalue weighted by atomic mass is 16.6. The SMILES string of the molecule is Cc1ccc(/C=C/C(=O)OC(C)c2nnc(-c3cccc(C)c3)o2)cc1. The predicted molar refractivity (Wildman–Crippen MR) is 99.2 cm³/mol. The van der Waals surface area contributed by atoms with Crippen LogP contribution in [0.5, 0.6) is 0 Å². The van der Waals surface area contributed by atoms with Crippen LogP contribution in [0.3, 0.4) is 0 Å². The van der Waals surface area contributed by atoms with Crippen LogP contribution in [0.4, 0.5) is 0 Å². The lowest BCUT2D eigenvalue weighted by Gasteiger charge is -2.06. The first-order chi connectivity index (χ1) is 12.5. The minimum Gasteiger partial charge on any atom is -0.449 e. The number of ether oxygens (including phenoxy) is 1. The molecule has 26 heavy (non-hydrogen) atoms. The van der Waals surface area contributed by atoms with Gasteiger partial charge in [0, 0.05) is 11.6 Å². The van der Waals surface area contributed by atoms with Gasteiger partial charge < -0.3 is 9.15 Å². The van der Waals surface area contributed by atoms with Gasteiger partial charge in [-0.2, -0.15) is 0 Å². The molecule has 1 aromatic heterocycles. The van der Waals surface area contributed by atoms with E-state index in [0.29, 0.717) is 5.89 Å². The maximum atomic E-state index is 12.0. The number of nitrogens with zero attached hydrogens (tertiary/aromatic N) is 2. The summed E-state index contributed by atoms with van der Waals surface area (Å²) in [5.41, 5.74) is 4.03. The molecule has 0 aliphatic heterocycles. The Bertz CT molecular complexity index is 926. The minimum absolute atomic E-state index is 0.263. The summed E-state index contributed by atoms with van der Waals surface area (Å²) >= 11 is 0. The van der Waals surface area contributed by atoms with E-state index in [2.05, 4.69) is 10.2 Å². The van der Waals surface area contributed by atoms with Crippen LogP contribution in [0.25, 0.3) is 17.5 Å². The van der Waals surface area contributed by atoms with Crippen molar-refractivity contribution >= 4 is 12.0 Å². The van der Waals surface area contributed by atoms with Crippen LogP contribution >= 0.6 is 0 Å². The summed E-state index contributed by atoms with van der Waals surface area (Å²) in [5, 5.41) is 8.02. The largest absolute Gasteiger partial charge is 0.449 e. The third kappa shape index (κ3) is 4.45. The average molecular weight is 348 g/mol. The van der Waals surface area contributed by atoms with Gasteiger partial charge in [0.2, 0.25) is 5.89 Å². The number of aromatic nitrogens is 2. The Morgan fingerprint density at radius 2 is 1.85 bits per heavy atom. The van der Waals surface area contributed by atoms with Crippen molar-refractivity contribution in [1.82, 2.24) is 10.2 Å². The van der Waals surface area contributed by atoms with E-state index >= 15 is 0 Å². The fourth-order valence-corrected chi connectivity index (χ4v) is 2.40. The van der Waals surface area contributed by atoms with Crippen molar-refractivity contribution < 1.29 is 13.9 Å². The van der Waals surface area contributed by atoms with Crippen molar-refractivity contribution in [3.05, 3.63) is 77.2 Å². The highest BCUT2D eigenvalue weighted by Crippen LogP contribution is 2.23. The second-order valence-corrected chi connectivity index (χ2v) is 6.14. The molecule has 5 heteroatoms. The van der Waals surface area contributed by atoms with E-state index in [1.165, 1.54) is 11.6 Å². The quantitative estimate of drug-likeness (QED) is 0.495. The molecule has 0 aliphatic carbocycles. The van der Waals surface area contributed by atoms with Crippen molar-refractivity contribution in [2.24, 2.45) is 0 Å². The molecule has 0 saturated carbocycles. The second kappa shape index (κ2) is 7.78. The second-order valence-electron chi connectivity index (χ2n) is 6.14. The number of hydrogen-bond acceptors (Lipinski definition) is 5. The molecule has 1 unspecified atom stereocenters. The molecule has 0 fully saturated rings. The molecule has 1 heterocycles. The lowest BCUT2D eigenvalue weighted by molar-refractivity contribution is -0.143. The number of rotatable bonds is 5. The summed E-state index contributed by atoms with van der Waals surface area (Å²) in [5.74, 6) is 0.203. The summed E-state index contributed by atoms with van der Waals surface area (Å²) in [6, 6.07) is 15.6. The lowest BCUT2D eigenvalue weighted by Crippen LogP contribution is -2.06. The highest BCUT2D eigenvalue weighted by Gasteiger charge is 2.18. The molecule has 2 aromatic carbocycles. The molecule has 0 bridgehead atoms. The summed E-state index contributed by atoms with van der Waals surface area (Å²) in [6.07, 6.45) is 2.47. The van der Waals surface area contributed by atoms with Crippen LogP contribution in [-0.4, -0.2) is 16.2 Å². The van der Waals surface area contributed by atoms with E-state index in [0.717, 1.165) is 16.7 Å². The van der Waals surface area contributed by atoms with Crippen molar-refractivity contribution in [3.63, 3.8) is 0 Å². The van der Waals surface area contributed by atoms with Crippen LogP contribution in [0.1, 0.15) is 35.6 Å². The molecule has 3 rings (SSSR count). The fourth-order valence-electron chi connectivity index (χ4n) is 2.40. The first-order valence-electron chi connectivity index (χ1n) is 8.37. The highest BCUT2D eigenvalue weighted by molar-refractivity contribution is 5.87. The van der Waals surface area contributed by atoms with Crippen LogP contribution in [0.2, 0.25) is 0 Å². The van der Waals surface area contributed by atoms with Gasteiger partial charge in [-0.1, -0.05) is 47.5 Å². The molecule has 0 spiro atoms. The van der Waals surface area contributed by atoms with Gasteiger partial charge in [-0.15, -0.1) is 10.2 Å². The first kappa shape index (κ1) is 17.6. The summed E-state index contributed by atoms with van der Waals surface area (Å²) in [7, 11) is 0. The van der Waals surface area contributed by atoms with Gasteiger partial charge in [0.1, 0.15) is 0 Å². The maximum Gasteiger partial charge on any atom is 0.331 e. The third-order valence-corrected chi connectivity index (χ3v) is 3.84. The van der Waals surface area contributed by atoms with Crippen molar-refractivity contribution in [1.29, 1.82) is 0 Å².